The van der Waals surface area contributed by atoms with Crippen molar-refractivity contribution in [2.45, 2.75) is 37.9 Å². The Bertz CT molecular complexity index is 343. The van der Waals surface area contributed by atoms with E-state index in [1.165, 1.54) is 0 Å². The molecule has 1 aromatic carbocycles. The summed E-state index contributed by atoms with van der Waals surface area (Å²) >= 11 is 0. The number of rotatable bonds is 1. The molecule has 0 spiro atoms. The standard InChI is InChI=1S/C12H16/c1-3-7-11(8-4-1)12-9-5-2-6-10-12/h1,3-4,7-8,12H,2,5-6,9-10H2/i5D2,6D2. The Morgan fingerprint density at radius 2 is 1.75 bits per heavy atom. The van der Waals surface area contributed by atoms with Crippen molar-refractivity contribution in [1.29, 1.82) is 0 Å². The number of benzene rings is 1. The fourth-order valence-corrected chi connectivity index (χ4v) is 1.61. The van der Waals surface area contributed by atoms with Gasteiger partial charge in [-0.25, -0.2) is 0 Å². The van der Waals surface area contributed by atoms with Gasteiger partial charge in [0.25, 0.3) is 0 Å². The zero-order chi connectivity index (χ0) is 11.8. The Labute approximate surface area is 80.2 Å². The molecule has 0 bridgehead atoms. The molecule has 64 valence electrons. The second-order valence-electron chi connectivity index (χ2n) is 3.19. The fraction of sp³-hybridized carbons (Fsp3) is 0.500. The van der Waals surface area contributed by atoms with Crippen molar-refractivity contribution in [1.82, 2.24) is 0 Å². The summed E-state index contributed by atoms with van der Waals surface area (Å²) < 4.78 is 31.2. The predicted octanol–water partition coefficient (Wildman–Crippen LogP) is 3.73. The van der Waals surface area contributed by atoms with Gasteiger partial charge in [0.2, 0.25) is 0 Å². The minimum Gasteiger partial charge on any atom is -0.0622 e. The lowest BCUT2D eigenvalue weighted by Gasteiger charge is -2.21. The third kappa shape index (κ3) is 1.69. The topological polar surface area (TPSA) is 0 Å². The van der Waals surface area contributed by atoms with Crippen LogP contribution in [-0.2, 0) is 0 Å². The molecule has 1 saturated carbocycles. The first-order chi connectivity index (χ1) is 7.38. The van der Waals surface area contributed by atoms with E-state index >= 15 is 0 Å². The molecule has 1 fully saturated rings. The third-order valence-corrected chi connectivity index (χ3v) is 2.30. The molecule has 0 radical (unpaired) electrons. The van der Waals surface area contributed by atoms with E-state index in [-0.39, 0.29) is 12.3 Å². The van der Waals surface area contributed by atoms with Crippen molar-refractivity contribution in [3.8, 4) is 0 Å². The minimum absolute atomic E-state index is 0.0000463. The third-order valence-electron chi connectivity index (χ3n) is 2.30. The summed E-state index contributed by atoms with van der Waals surface area (Å²) in [6.07, 6.45) is -1.90. The molecular weight excluding hydrogens is 144 g/mol. The molecule has 0 heterocycles. The second-order valence-corrected chi connectivity index (χ2v) is 3.19. The van der Waals surface area contributed by atoms with Crippen LogP contribution in [0.4, 0.5) is 0 Å². The van der Waals surface area contributed by atoms with Crippen LogP contribution in [0.5, 0.6) is 0 Å². The Balaban J connectivity index is 2.23. The van der Waals surface area contributed by atoms with Gasteiger partial charge < -0.3 is 0 Å². The molecule has 0 aliphatic heterocycles. The SMILES string of the molecule is [2H]C1([2H])CC(c2ccccc2)CC([2H])([2H])C1. The molecule has 0 atom stereocenters. The van der Waals surface area contributed by atoms with E-state index in [9.17, 15) is 0 Å². The van der Waals surface area contributed by atoms with Crippen LogP contribution in [0.1, 0.15) is 49.0 Å². The summed E-state index contributed by atoms with van der Waals surface area (Å²) in [6, 6.07) is 9.70. The smallest absolute Gasteiger partial charge is 0.0267 e. The van der Waals surface area contributed by atoms with E-state index in [0.717, 1.165) is 5.56 Å². The van der Waals surface area contributed by atoms with E-state index in [4.69, 9.17) is 5.48 Å². The van der Waals surface area contributed by atoms with Crippen LogP contribution in [0.15, 0.2) is 30.3 Å². The summed E-state index contributed by atoms with van der Waals surface area (Å²) in [5, 5.41) is 0. The Morgan fingerprint density at radius 3 is 2.42 bits per heavy atom. The Kier molecular flexibility index (Phi) is 1.39. The maximum absolute atomic E-state index is 7.79. The molecule has 0 aromatic heterocycles. The van der Waals surface area contributed by atoms with Crippen LogP contribution >= 0.6 is 0 Å². The lowest BCUT2D eigenvalue weighted by atomic mass is 9.84. The van der Waals surface area contributed by atoms with E-state index in [0.29, 0.717) is 12.8 Å². The van der Waals surface area contributed by atoms with Crippen molar-refractivity contribution < 1.29 is 5.48 Å². The van der Waals surface area contributed by atoms with Gasteiger partial charge in [0.05, 0.1) is 0 Å². The molecule has 0 amide bonds. The van der Waals surface area contributed by atoms with Crippen molar-refractivity contribution in [3.63, 3.8) is 0 Å². The van der Waals surface area contributed by atoms with E-state index < -0.39 is 12.7 Å². The second kappa shape index (κ2) is 3.75. The Hall–Kier alpha value is -0.780. The summed E-state index contributed by atoms with van der Waals surface area (Å²) in [5.41, 5.74) is 1.05. The lowest BCUT2D eigenvalue weighted by Crippen LogP contribution is -2.03. The molecule has 1 aliphatic rings. The highest BCUT2D eigenvalue weighted by Gasteiger charge is 2.14. The zero-order valence-corrected chi connectivity index (χ0v) is 7.09. The van der Waals surface area contributed by atoms with E-state index in [1.54, 1.807) is 0 Å². The molecule has 12 heavy (non-hydrogen) atoms. The highest BCUT2D eigenvalue weighted by Crippen LogP contribution is 2.31. The van der Waals surface area contributed by atoms with Crippen LogP contribution in [0, 0.1) is 0 Å². The first-order valence-electron chi connectivity index (χ1n) is 6.43. The van der Waals surface area contributed by atoms with Crippen LogP contribution < -0.4 is 0 Å². The summed E-state index contributed by atoms with van der Waals surface area (Å²) in [6.45, 7) is 0. The van der Waals surface area contributed by atoms with Crippen molar-refractivity contribution in [3.05, 3.63) is 35.9 Å². The van der Waals surface area contributed by atoms with Crippen molar-refractivity contribution in [2.24, 2.45) is 0 Å². The molecule has 0 nitrogen and oxygen atoms in total. The quantitative estimate of drug-likeness (QED) is 0.593. The van der Waals surface area contributed by atoms with Gasteiger partial charge in [-0.1, -0.05) is 49.5 Å². The van der Waals surface area contributed by atoms with Crippen LogP contribution in [0.25, 0.3) is 0 Å². The van der Waals surface area contributed by atoms with Gasteiger partial charge in [-0.15, -0.1) is 0 Å². The summed E-state index contributed by atoms with van der Waals surface area (Å²) in [7, 11) is 0. The monoisotopic (exact) mass is 164 g/mol. The molecule has 0 N–H and O–H groups in total. The van der Waals surface area contributed by atoms with Gasteiger partial charge in [0.15, 0.2) is 0 Å². The van der Waals surface area contributed by atoms with Crippen LogP contribution in [-0.4, -0.2) is 0 Å². The molecular formula is C12H16. The van der Waals surface area contributed by atoms with Gasteiger partial charge in [-0.05, 0) is 24.3 Å². The largest absolute Gasteiger partial charge is 0.0622 e. The lowest BCUT2D eigenvalue weighted by molar-refractivity contribution is 0.443. The average Bonchev–Trinajstić information content (AvgIpc) is 2.14. The van der Waals surface area contributed by atoms with Crippen molar-refractivity contribution in [2.75, 3.05) is 0 Å². The Morgan fingerprint density at radius 1 is 1.08 bits per heavy atom. The normalized spacial score (nSPS) is 32.7. The first-order valence-corrected chi connectivity index (χ1v) is 4.43. The first kappa shape index (κ1) is 4.45. The molecule has 1 aliphatic carbocycles. The minimum atomic E-state index is -1.39. The van der Waals surface area contributed by atoms with E-state index in [2.05, 4.69) is 0 Å². The number of hydrogen-bond donors (Lipinski definition) is 0. The van der Waals surface area contributed by atoms with Gasteiger partial charge >= 0.3 is 0 Å². The molecule has 0 saturated heterocycles. The highest BCUT2D eigenvalue weighted by molar-refractivity contribution is 5.19. The van der Waals surface area contributed by atoms with E-state index in [1.807, 2.05) is 30.3 Å². The number of hydrogen-bond acceptors (Lipinski definition) is 0. The van der Waals surface area contributed by atoms with Gasteiger partial charge in [-0.2, -0.15) is 0 Å². The molecule has 0 heteroatoms. The van der Waals surface area contributed by atoms with Gasteiger partial charge in [-0.3, -0.25) is 0 Å². The van der Waals surface area contributed by atoms with Crippen molar-refractivity contribution >= 4 is 0 Å². The average molecular weight is 164 g/mol. The maximum Gasteiger partial charge on any atom is 0.0267 e. The highest BCUT2D eigenvalue weighted by atomic mass is 14.2. The summed E-state index contributed by atoms with van der Waals surface area (Å²) in [4.78, 5) is 0. The summed E-state index contributed by atoms with van der Waals surface area (Å²) in [5.74, 6) is -0.0000463. The fourth-order valence-electron chi connectivity index (χ4n) is 1.61. The molecule has 2 rings (SSSR count). The van der Waals surface area contributed by atoms with Crippen LogP contribution in [0.3, 0.4) is 0 Å². The van der Waals surface area contributed by atoms with Gasteiger partial charge in [0, 0.05) is 5.48 Å². The zero-order valence-electron chi connectivity index (χ0n) is 11.1. The molecule has 0 unspecified atom stereocenters. The molecule has 1 aromatic rings. The van der Waals surface area contributed by atoms with Gasteiger partial charge in [0.1, 0.15) is 0 Å². The maximum atomic E-state index is 7.79. The predicted molar refractivity (Wildman–Crippen MR) is 52.3 cm³/mol. The van der Waals surface area contributed by atoms with Crippen LogP contribution in [0.2, 0.25) is 0 Å².